The van der Waals surface area contributed by atoms with E-state index in [1.165, 1.54) is 13.0 Å². The van der Waals surface area contributed by atoms with Crippen molar-refractivity contribution < 1.29 is 14.3 Å². The first-order valence-electron chi connectivity index (χ1n) is 3.99. The van der Waals surface area contributed by atoms with E-state index in [9.17, 15) is 9.59 Å². The van der Waals surface area contributed by atoms with Gasteiger partial charge in [0.2, 0.25) is 0 Å². The Morgan fingerprint density at radius 1 is 1.36 bits per heavy atom. The van der Waals surface area contributed by atoms with Gasteiger partial charge in [-0.05, 0) is 42.3 Å². The van der Waals surface area contributed by atoms with E-state index in [1.54, 1.807) is 19.1 Å². The molecule has 1 aromatic carbocycles. The molecule has 0 N–H and O–H groups in total. The zero-order valence-corrected chi connectivity index (χ0v) is 8.59. The van der Waals surface area contributed by atoms with Crippen molar-refractivity contribution in [1.82, 2.24) is 0 Å². The van der Waals surface area contributed by atoms with Crippen LogP contribution in [0.1, 0.15) is 22.8 Å². The highest BCUT2D eigenvalue weighted by Gasteiger charge is 2.06. The molecule has 0 atom stereocenters. The maximum atomic E-state index is 10.8. The van der Waals surface area contributed by atoms with Crippen molar-refractivity contribution in [2.24, 2.45) is 0 Å². The minimum atomic E-state index is -0.525. The van der Waals surface area contributed by atoms with E-state index in [-0.39, 0.29) is 0 Å². The van der Waals surface area contributed by atoms with Gasteiger partial charge >= 0.3 is 5.97 Å². The highest BCUT2D eigenvalue weighted by atomic mass is 35.5. The van der Waals surface area contributed by atoms with Gasteiger partial charge in [0.15, 0.2) is 0 Å². The topological polar surface area (TPSA) is 43.4 Å². The minimum absolute atomic E-state index is 0.389. The normalized spacial score (nSPS) is 9.64. The molecule has 0 aliphatic rings. The lowest BCUT2D eigenvalue weighted by Gasteiger charge is -2.05. The highest BCUT2D eigenvalue weighted by molar-refractivity contribution is 6.67. The Bertz CT molecular complexity index is 385. The van der Waals surface area contributed by atoms with E-state index >= 15 is 0 Å². The Kier molecular flexibility index (Phi) is 3.25. The van der Waals surface area contributed by atoms with Crippen LogP contribution in [0.15, 0.2) is 18.2 Å². The Balaban J connectivity index is 3.01. The van der Waals surface area contributed by atoms with Gasteiger partial charge in [0.1, 0.15) is 5.75 Å². The van der Waals surface area contributed by atoms with Crippen LogP contribution >= 0.6 is 11.6 Å². The number of benzene rings is 1. The first-order valence-corrected chi connectivity index (χ1v) is 4.37. The maximum absolute atomic E-state index is 10.8. The molecular weight excluding hydrogens is 204 g/mol. The zero-order valence-electron chi connectivity index (χ0n) is 7.83. The third kappa shape index (κ3) is 2.57. The van der Waals surface area contributed by atoms with Crippen molar-refractivity contribution in [1.29, 1.82) is 0 Å². The van der Waals surface area contributed by atoms with Crippen LogP contribution in [0, 0.1) is 6.92 Å². The van der Waals surface area contributed by atoms with E-state index in [1.807, 2.05) is 0 Å². The molecule has 74 valence electrons. The molecular formula is C10H9ClO3. The molecule has 14 heavy (non-hydrogen) atoms. The lowest BCUT2D eigenvalue weighted by atomic mass is 10.1. The standard InChI is InChI=1S/C10H9ClO3/c1-6-5-8(10(11)13)3-4-9(6)14-7(2)12/h3-5H,1-2H3. The van der Waals surface area contributed by atoms with E-state index in [0.29, 0.717) is 16.9 Å². The second-order valence-corrected chi connectivity index (χ2v) is 3.19. The maximum Gasteiger partial charge on any atom is 0.308 e. The molecule has 0 fully saturated rings. The van der Waals surface area contributed by atoms with E-state index in [4.69, 9.17) is 16.3 Å². The molecule has 0 radical (unpaired) electrons. The molecule has 0 saturated heterocycles. The summed E-state index contributed by atoms with van der Waals surface area (Å²) in [6.07, 6.45) is 0. The average molecular weight is 213 g/mol. The average Bonchev–Trinajstić information content (AvgIpc) is 2.07. The summed E-state index contributed by atoms with van der Waals surface area (Å²) in [5.41, 5.74) is 1.09. The molecule has 0 heterocycles. The van der Waals surface area contributed by atoms with Gasteiger partial charge in [-0.15, -0.1) is 0 Å². The Morgan fingerprint density at radius 3 is 2.43 bits per heavy atom. The third-order valence-electron chi connectivity index (χ3n) is 1.66. The number of hydrogen-bond acceptors (Lipinski definition) is 3. The van der Waals surface area contributed by atoms with E-state index in [0.717, 1.165) is 0 Å². The number of carbonyl (C=O) groups excluding carboxylic acids is 2. The number of aryl methyl sites for hydroxylation is 1. The van der Waals surface area contributed by atoms with Crippen LogP contribution in [-0.4, -0.2) is 11.2 Å². The number of hydrogen-bond donors (Lipinski definition) is 0. The SMILES string of the molecule is CC(=O)Oc1ccc(C(=O)Cl)cc1C. The zero-order chi connectivity index (χ0) is 10.7. The minimum Gasteiger partial charge on any atom is -0.426 e. The quantitative estimate of drug-likeness (QED) is 0.429. The fourth-order valence-electron chi connectivity index (χ4n) is 1.04. The number of carbonyl (C=O) groups is 2. The summed E-state index contributed by atoms with van der Waals surface area (Å²) in [6.45, 7) is 3.06. The fraction of sp³-hybridized carbons (Fsp3) is 0.200. The van der Waals surface area contributed by atoms with E-state index in [2.05, 4.69) is 0 Å². The molecule has 3 nitrogen and oxygen atoms in total. The molecule has 4 heteroatoms. The smallest absolute Gasteiger partial charge is 0.308 e. The molecule has 0 aliphatic heterocycles. The second kappa shape index (κ2) is 4.24. The van der Waals surface area contributed by atoms with Crippen LogP contribution in [0.3, 0.4) is 0 Å². The molecule has 0 spiro atoms. The second-order valence-electron chi connectivity index (χ2n) is 2.85. The third-order valence-corrected chi connectivity index (χ3v) is 1.87. The van der Waals surface area contributed by atoms with Gasteiger partial charge in [-0.3, -0.25) is 9.59 Å². The van der Waals surface area contributed by atoms with Gasteiger partial charge in [0, 0.05) is 12.5 Å². The fourth-order valence-corrected chi connectivity index (χ4v) is 1.16. The van der Waals surface area contributed by atoms with Crippen LogP contribution in [-0.2, 0) is 4.79 Å². The number of halogens is 1. The first kappa shape index (κ1) is 10.7. The van der Waals surface area contributed by atoms with Crippen molar-refractivity contribution in [3.8, 4) is 5.75 Å². The Labute approximate surface area is 86.6 Å². The van der Waals surface area contributed by atoms with Crippen molar-refractivity contribution in [2.75, 3.05) is 0 Å². The summed E-state index contributed by atoms with van der Waals surface area (Å²) < 4.78 is 4.89. The summed E-state index contributed by atoms with van der Waals surface area (Å²) in [7, 11) is 0. The van der Waals surface area contributed by atoms with Crippen LogP contribution < -0.4 is 4.74 Å². The Hall–Kier alpha value is -1.35. The number of rotatable bonds is 2. The van der Waals surface area contributed by atoms with Crippen LogP contribution in [0.4, 0.5) is 0 Å². The van der Waals surface area contributed by atoms with Crippen LogP contribution in [0.5, 0.6) is 5.75 Å². The van der Waals surface area contributed by atoms with Crippen molar-refractivity contribution in [3.05, 3.63) is 29.3 Å². The Morgan fingerprint density at radius 2 is 2.00 bits per heavy atom. The highest BCUT2D eigenvalue weighted by Crippen LogP contribution is 2.20. The van der Waals surface area contributed by atoms with Crippen LogP contribution in [0.25, 0.3) is 0 Å². The molecule has 1 rings (SSSR count). The summed E-state index contributed by atoms with van der Waals surface area (Å²) >= 11 is 5.29. The van der Waals surface area contributed by atoms with Gasteiger partial charge in [0.25, 0.3) is 5.24 Å². The van der Waals surface area contributed by atoms with Crippen LogP contribution in [0.2, 0.25) is 0 Å². The molecule has 0 saturated carbocycles. The van der Waals surface area contributed by atoms with E-state index < -0.39 is 11.2 Å². The summed E-state index contributed by atoms with van der Waals surface area (Å²) in [5, 5.41) is -0.525. The largest absolute Gasteiger partial charge is 0.426 e. The van der Waals surface area contributed by atoms with Gasteiger partial charge in [0.05, 0.1) is 0 Å². The van der Waals surface area contributed by atoms with Crippen molar-refractivity contribution in [2.45, 2.75) is 13.8 Å². The molecule has 0 amide bonds. The lowest BCUT2D eigenvalue weighted by molar-refractivity contribution is -0.131. The van der Waals surface area contributed by atoms with Crippen molar-refractivity contribution >= 4 is 22.8 Å². The van der Waals surface area contributed by atoms with Gasteiger partial charge < -0.3 is 4.74 Å². The number of esters is 1. The summed E-state index contributed by atoms with van der Waals surface area (Å²) in [5.74, 6) is 0.0530. The number of ether oxygens (including phenoxy) is 1. The molecule has 1 aromatic rings. The molecule has 0 aromatic heterocycles. The van der Waals surface area contributed by atoms with Crippen molar-refractivity contribution in [3.63, 3.8) is 0 Å². The van der Waals surface area contributed by atoms with Gasteiger partial charge in [-0.1, -0.05) is 0 Å². The van der Waals surface area contributed by atoms with Gasteiger partial charge in [-0.2, -0.15) is 0 Å². The molecule has 0 unspecified atom stereocenters. The summed E-state index contributed by atoms with van der Waals surface area (Å²) in [4.78, 5) is 21.5. The lowest BCUT2D eigenvalue weighted by Crippen LogP contribution is -2.03. The molecule has 0 bridgehead atoms. The first-order chi connectivity index (χ1) is 6.50. The van der Waals surface area contributed by atoms with Gasteiger partial charge in [-0.25, -0.2) is 0 Å². The summed E-state index contributed by atoms with van der Waals surface area (Å²) in [6, 6.07) is 4.64. The predicted molar refractivity (Wildman–Crippen MR) is 52.7 cm³/mol. The monoisotopic (exact) mass is 212 g/mol. The molecule has 0 aliphatic carbocycles. The predicted octanol–water partition coefficient (Wildman–Crippen LogP) is 2.30.